The Balaban J connectivity index is 2.30. The zero-order valence-corrected chi connectivity index (χ0v) is 11.2. The molecule has 0 aliphatic rings. The third-order valence-electron chi connectivity index (χ3n) is 2.32. The topological polar surface area (TPSA) is 44.5 Å². The Morgan fingerprint density at radius 1 is 1.17 bits per heavy atom. The molecule has 0 saturated heterocycles. The van der Waals surface area contributed by atoms with Crippen molar-refractivity contribution in [2.75, 3.05) is 12.8 Å². The summed E-state index contributed by atoms with van der Waals surface area (Å²) in [6.45, 7) is 0. The van der Waals surface area contributed by atoms with Gasteiger partial charge in [-0.1, -0.05) is 6.07 Å². The molecule has 0 bridgehead atoms. The molecule has 0 fully saturated rings. The van der Waals surface area contributed by atoms with Gasteiger partial charge in [0.2, 0.25) is 0 Å². The fourth-order valence-electron chi connectivity index (χ4n) is 1.42. The SMILES string of the molecule is COc1cccc(Oc2cc(F)c(Br)cc2N)c1. The van der Waals surface area contributed by atoms with Gasteiger partial charge in [0.1, 0.15) is 17.3 Å². The molecule has 0 unspecified atom stereocenters. The van der Waals surface area contributed by atoms with Gasteiger partial charge >= 0.3 is 0 Å². The van der Waals surface area contributed by atoms with Crippen LogP contribution in [0.4, 0.5) is 10.1 Å². The molecule has 2 aromatic carbocycles. The van der Waals surface area contributed by atoms with Crippen molar-refractivity contribution in [2.45, 2.75) is 0 Å². The Morgan fingerprint density at radius 3 is 2.61 bits per heavy atom. The summed E-state index contributed by atoms with van der Waals surface area (Å²) in [6.07, 6.45) is 0. The molecular weight excluding hydrogens is 301 g/mol. The van der Waals surface area contributed by atoms with Gasteiger partial charge in [-0.2, -0.15) is 0 Å². The van der Waals surface area contributed by atoms with Crippen LogP contribution in [0.2, 0.25) is 0 Å². The Kier molecular flexibility index (Phi) is 3.72. The van der Waals surface area contributed by atoms with Crippen LogP contribution < -0.4 is 15.2 Å². The minimum absolute atomic E-state index is 0.268. The third-order valence-corrected chi connectivity index (χ3v) is 2.93. The minimum atomic E-state index is -0.429. The maximum Gasteiger partial charge on any atom is 0.153 e. The second-order valence-electron chi connectivity index (χ2n) is 3.59. The van der Waals surface area contributed by atoms with Gasteiger partial charge in [0.25, 0.3) is 0 Å². The van der Waals surface area contributed by atoms with Crippen LogP contribution in [0.15, 0.2) is 40.9 Å². The van der Waals surface area contributed by atoms with E-state index in [0.29, 0.717) is 21.7 Å². The van der Waals surface area contributed by atoms with Crippen LogP contribution >= 0.6 is 15.9 Å². The molecule has 2 aromatic rings. The minimum Gasteiger partial charge on any atom is -0.497 e. The van der Waals surface area contributed by atoms with Crippen molar-refractivity contribution < 1.29 is 13.9 Å². The van der Waals surface area contributed by atoms with E-state index in [2.05, 4.69) is 15.9 Å². The number of benzene rings is 2. The molecule has 94 valence electrons. The van der Waals surface area contributed by atoms with E-state index in [0.717, 1.165) is 0 Å². The number of nitrogen functional groups attached to an aromatic ring is 1. The molecule has 0 spiro atoms. The van der Waals surface area contributed by atoms with E-state index in [1.165, 1.54) is 12.1 Å². The predicted molar refractivity (Wildman–Crippen MR) is 71.6 cm³/mol. The fourth-order valence-corrected chi connectivity index (χ4v) is 1.79. The highest BCUT2D eigenvalue weighted by Crippen LogP contribution is 2.32. The second-order valence-corrected chi connectivity index (χ2v) is 4.44. The van der Waals surface area contributed by atoms with E-state index in [9.17, 15) is 4.39 Å². The molecule has 0 saturated carbocycles. The smallest absolute Gasteiger partial charge is 0.153 e. The van der Waals surface area contributed by atoms with Gasteiger partial charge < -0.3 is 15.2 Å². The number of hydrogen-bond donors (Lipinski definition) is 1. The van der Waals surface area contributed by atoms with E-state index >= 15 is 0 Å². The van der Waals surface area contributed by atoms with Gasteiger partial charge in [-0.15, -0.1) is 0 Å². The Labute approximate surface area is 112 Å². The maximum absolute atomic E-state index is 13.4. The highest BCUT2D eigenvalue weighted by molar-refractivity contribution is 9.10. The van der Waals surface area contributed by atoms with Crippen molar-refractivity contribution >= 4 is 21.6 Å². The predicted octanol–water partition coefficient (Wildman–Crippen LogP) is 3.97. The van der Waals surface area contributed by atoms with Crippen molar-refractivity contribution in [1.29, 1.82) is 0 Å². The van der Waals surface area contributed by atoms with Crippen LogP contribution in [0.1, 0.15) is 0 Å². The first-order chi connectivity index (χ1) is 8.60. The lowest BCUT2D eigenvalue weighted by Crippen LogP contribution is -1.94. The first-order valence-electron chi connectivity index (χ1n) is 5.16. The van der Waals surface area contributed by atoms with Crippen LogP contribution in [0, 0.1) is 5.82 Å². The van der Waals surface area contributed by atoms with E-state index < -0.39 is 5.82 Å². The average Bonchev–Trinajstić information content (AvgIpc) is 2.36. The normalized spacial score (nSPS) is 10.2. The van der Waals surface area contributed by atoms with Crippen LogP contribution in [-0.4, -0.2) is 7.11 Å². The summed E-state index contributed by atoms with van der Waals surface area (Å²) in [5, 5.41) is 0. The molecule has 2 rings (SSSR count). The van der Waals surface area contributed by atoms with Gasteiger partial charge in [-0.3, -0.25) is 0 Å². The Bertz CT molecular complexity index is 575. The first-order valence-corrected chi connectivity index (χ1v) is 5.96. The number of rotatable bonds is 3. The Morgan fingerprint density at radius 2 is 1.89 bits per heavy atom. The van der Waals surface area contributed by atoms with Crippen LogP contribution in [0.3, 0.4) is 0 Å². The van der Waals surface area contributed by atoms with Crippen molar-refractivity contribution in [3.05, 3.63) is 46.7 Å². The summed E-state index contributed by atoms with van der Waals surface area (Å²) < 4.78 is 24.3. The van der Waals surface area contributed by atoms with Crippen molar-refractivity contribution in [3.63, 3.8) is 0 Å². The summed E-state index contributed by atoms with van der Waals surface area (Å²) in [7, 11) is 1.56. The molecule has 0 aliphatic heterocycles. The molecule has 2 N–H and O–H groups in total. The lowest BCUT2D eigenvalue weighted by atomic mass is 10.3. The molecule has 0 atom stereocenters. The lowest BCUT2D eigenvalue weighted by Gasteiger charge is -2.10. The summed E-state index contributed by atoms with van der Waals surface area (Å²) in [4.78, 5) is 0. The summed E-state index contributed by atoms with van der Waals surface area (Å²) in [6, 6.07) is 9.70. The second kappa shape index (κ2) is 5.27. The highest BCUT2D eigenvalue weighted by Gasteiger charge is 2.08. The number of nitrogens with two attached hydrogens (primary N) is 1. The molecular formula is C13H11BrFNO2. The summed E-state index contributed by atoms with van der Waals surface area (Å²) >= 11 is 3.06. The van der Waals surface area contributed by atoms with E-state index in [1.807, 2.05) is 0 Å². The number of anilines is 1. The van der Waals surface area contributed by atoms with E-state index in [1.54, 1.807) is 31.4 Å². The zero-order chi connectivity index (χ0) is 13.1. The third kappa shape index (κ3) is 2.73. The van der Waals surface area contributed by atoms with Gasteiger partial charge in [0.15, 0.2) is 5.75 Å². The molecule has 0 aliphatic carbocycles. The molecule has 0 radical (unpaired) electrons. The fraction of sp³-hybridized carbons (Fsp3) is 0.0769. The number of methoxy groups -OCH3 is 1. The number of ether oxygens (including phenoxy) is 2. The first kappa shape index (κ1) is 12.7. The largest absolute Gasteiger partial charge is 0.497 e. The van der Waals surface area contributed by atoms with Crippen molar-refractivity contribution in [3.8, 4) is 17.2 Å². The van der Waals surface area contributed by atoms with Crippen LogP contribution in [-0.2, 0) is 0 Å². The van der Waals surface area contributed by atoms with Crippen LogP contribution in [0.5, 0.6) is 17.2 Å². The number of hydrogen-bond acceptors (Lipinski definition) is 3. The summed E-state index contributed by atoms with van der Waals surface area (Å²) in [5.74, 6) is 1.03. The van der Waals surface area contributed by atoms with Crippen molar-refractivity contribution in [1.82, 2.24) is 0 Å². The van der Waals surface area contributed by atoms with Crippen LogP contribution in [0.25, 0.3) is 0 Å². The molecule has 0 amide bonds. The Hall–Kier alpha value is -1.75. The molecule has 18 heavy (non-hydrogen) atoms. The maximum atomic E-state index is 13.4. The van der Waals surface area contributed by atoms with E-state index in [-0.39, 0.29) is 5.75 Å². The van der Waals surface area contributed by atoms with Gasteiger partial charge in [0, 0.05) is 12.1 Å². The van der Waals surface area contributed by atoms with Gasteiger partial charge in [0.05, 0.1) is 17.3 Å². The summed E-state index contributed by atoms with van der Waals surface area (Å²) in [5.41, 5.74) is 6.11. The molecule has 3 nitrogen and oxygen atoms in total. The lowest BCUT2D eigenvalue weighted by molar-refractivity contribution is 0.409. The highest BCUT2D eigenvalue weighted by atomic mass is 79.9. The van der Waals surface area contributed by atoms with Crippen molar-refractivity contribution in [2.24, 2.45) is 0 Å². The van der Waals surface area contributed by atoms with Gasteiger partial charge in [-0.25, -0.2) is 4.39 Å². The monoisotopic (exact) mass is 311 g/mol. The average molecular weight is 312 g/mol. The number of halogens is 2. The quantitative estimate of drug-likeness (QED) is 0.872. The molecule has 0 aromatic heterocycles. The van der Waals surface area contributed by atoms with E-state index in [4.69, 9.17) is 15.2 Å². The zero-order valence-electron chi connectivity index (χ0n) is 9.61. The molecule has 5 heteroatoms. The molecule has 0 heterocycles. The van der Waals surface area contributed by atoms with Gasteiger partial charge in [-0.05, 0) is 34.1 Å². The standard InChI is InChI=1S/C13H11BrFNO2/c1-17-8-3-2-4-9(5-8)18-13-7-11(15)10(14)6-12(13)16/h2-7H,16H2,1H3.